The van der Waals surface area contributed by atoms with Crippen molar-refractivity contribution >= 4 is 27.6 Å². The van der Waals surface area contributed by atoms with E-state index in [9.17, 15) is 4.79 Å². The van der Waals surface area contributed by atoms with E-state index in [4.69, 9.17) is 4.74 Å². The Kier molecular flexibility index (Phi) is 5.62. The molecule has 1 rings (SSSR count). The minimum atomic E-state index is -0.329. The van der Waals surface area contributed by atoms with Crippen LogP contribution in [0, 0.1) is 6.92 Å². The molecule has 0 saturated heterocycles. The van der Waals surface area contributed by atoms with Crippen molar-refractivity contribution in [1.82, 2.24) is 4.90 Å². The Morgan fingerprint density at radius 2 is 2.11 bits per heavy atom. The van der Waals surface area contributed by atoms with Gasteiger partial charge in [0.25, 0.3) is 0 Å². The molecule has 4 nitrogen and oxygen atoms in total. The molecule has 0 heterocycles. The van der Waals surface area contributed by atoms with Crippen LogP contribution in [0.4, 0.5) is 5.69 Å². The van der Waals surface area contributed by atoms with Crippen LogP contribution in [-0.4, -0.2) is 45.2 Å². The largest absolute Gasteiger partial charge is 0.465 e. The predicted octanol–water partition coefficient (Wildman–Crippen LogP) is 2.52. The highest BCUT2D eigenvalue weighted by molar-refractivity contribution is 9.10. The minimum Gasteiger partial charge on any atom is -0.465 e. The number of hydrogen-bond donors (Lipinski definition) is 1. The molecular weight excluding hydrogens is 296 g/mol. The monoisotopic (exact) mass is 314 g/mol. The number of carbonyl (C=O) groups is 1. The van der Waals surface area contributed by atoms with Gasteiger partial charge in [-0.1, -0.05) is 0 Å². The second-order valence-corrected chi connectivity index (χ2v) is 5.22. The average molecular weight is 315 g/mol. The summed E-state index contributed by atoms with van der Waals surface area (Å²) >= 11 is 3.39. The zero-order valence-corrected chi connectivity index (χ0v) is 12.8. The lowest BCUT2D eigenvalue weighted by Gasteiger charge is -2.14. The molecule has 0 saturated carbocycles. The van der Waals surface area contributed by atoms with Crippen molar-refractivity contribution in [1.29, 1.82) is 0 Å². The van der Waals surface area contributed by atoms with Crippen molar-refractivity contribution < 1.29 is 9.53 Å². The Labute approximate surface area is 116 Å². The summed E-state index contributed by atoms with van der Waals surface area (Å²) in [7, 11) is 5.45. The first-order valence-corrected chi connectivity index (χ1v) is 6.52. The maximum absolute atomic E-state index is 11.5. The SMILES string of the molecule is COC(=O)c1cc(C)c(NCCN(C)C)cc1Br. The number of likely N-dealkylation sites (N-methyl/N-ethyl adjacent to an activating group) is 1. The molecule has 0 bridgehead atoms. The van der Waals surface area contributed by atoms with Gasteiger partial charge in [0.1, 0.15) is 0 Å². The van der Waals surface area contributed by atoms with Crippen LogP contribution in [0.25, 0.3) is 0 Å². The lowest BCUT2D eigenvalue weighted by molar-refractivity contribution is 0.0599. The van der Waals surface area contributed by atoms with Gasteiger partial charge in [-0.2, -0.15) is 0 Å². The maximum Gasteiger partial charge on any atom is 0.339 e. The van der Waals surface area contributed by atoms with Crippen LogP contribution in [0.5, 0.6) is 0 Å². The topological polar surface area (TPSA) is 41.6 Å². The quantitative estimate of drug-likeness (QED) is 0.848. The summed E-state index contributed by atoms with van der Waals surface area (Å²) in [5, 5.41) is 3.35. The average Bonchev–Trinajstić information content (AvgIpc) is 2.31. The van der Waals surface area contributed by atoms with Gasteiger partial charge in [0, 0.05) is 23.2 Å². The molecule has 0 fully saturated rings. The Morgan fingerprint density at radius 1 is 1.44 bits per heavy atom. The second kappa shape index (κ2) is 6.75. The van der Waals surface area contributed by atoms with Crippen molar-refractivity contribution in [3.63, 3.8) is 0 Å². The van der Waals surface area contributed by atoms with Gasteiger partial charge in [-0.3, -0.25) is 0 Å². The number of rotatable bonds is 5. The molecule has 0 aliphatic carbocycles. The van der Waals surface area contributed by atoms with Crippen LogP contribution in [0.3, 0.4) is 0 Å². The van der Waals surface area contributed by atoms with E-state index in [0.717, 1.165) is 28.8 Å². The number of esters is 1. The van der Waals surface area contributed by atoms with Crippen LogP contribution in [0.15, 0.2) is 16.6 Å². The zero-order chi connectivity index (χ0) is 13.7. The molecule has 0 amide bonds. The van der Waals surface area contributed by atoms with E-state index in [1.54, 1.807) is 0 Å². The standard InChI is InChI=1S/C13H19BrN2O2/c1-9-7-10(13(17)18-4)11(14)8-12(9)15-5-6-16(2)3/h7-8,15H,5-6H2,1-4H3. The van der Waals surface area contributed by atoms with Gasteiger partial charge >= 0.3 is 5.97 Å². The van der Waals surface area contributed by atoms with Crippen LogP contribution in [-0.2, 0) is 4.74 Å². The smallest absolute Gasteiger partial charge is 0.339 e. The van der Waals surface area contributed by atoms with Crippen molar-refractivity contribution in [2.75, 3.05) is 39.6 Å². The van der Waals surface area contributed by atoms with Crippen molar-refractivity contribution in [3.8, 4) is 0 Å². The highest BCUT2D eigenvalue weighted by atomic mass is 79.9. The number of methoxy groups -OCH3 is 1. The normalized spacial score (nSPS) is 10.6. The van der Waals surface area contributed by atoms with Crippen LogP contribution >= 0.6 is 15.9 Å². The number of nitrogens with one attached hydrogen (secondary N) is 1. The highest BCUT2D eigenvalue weighted by Crippen LogP contribution is 2.25. The summed E-state index contributed by atoms with van der Waals surface area (Å²) in [6.45, 7) is 3.78. The number of carbonyl (C=O) groups excluding carboxylic acids is 1. The van der Waals surface area contributed by atoms with Crippen LogP contribution in [0.2, 0.25) is 0 Å². The number of nitrogens with zero attached hydrogens (tertiary/aromatic N) is 1. The van der Waals surface area contributed by atoms with E-state index in [-0.39, 0.29) is 5.97 Å². The van der Waals surface area contributed by atoms with Crippen molar-refractivity contribution in [2.24, 2.45) is 0 Å². The molecule has 1 aromatic rings. The summed E-state index contributed by atoms with van der Waals surface area (Å²) in [5.74, 6) is -0.329. The van der Waals surface area contributed by atoms with Gasteiger partial charge in [-0.05, 0) is 54.6 Å². The molecule has 0 aromatic heterocycles. The summed E-state index contributed by atoms with van der Waals surface area (Å²) in [6, 6.07) is 3.74. The van der Waals surface area contributed by atoms with Crippen molar-refractivity contribution in [3.05, 3.63) is 27.7 Å². The van der Waals surface area contributed by atoms with E-state index >= 15 is 0 Å². The molecule has 18 heavy (non-hydrogen) atoms. The van der Waals surface area contributed by atoms with E-state index in [0.29, 0.717) is 5.56 Å². The highest BCUT2D eigenvalue weighted by Gasteiger charge is 2.12. The van der Waals surface area contributed by atoms with Gasteiger partial charge in [0.2, 0.25) is 0 Å². The Morgan fingerprint density at radius 3 is 2.67 bits per heavy atom. The minimum absolute atomic E-state index is 0.329. The number of aryl methyl sites for hydroxylation is 1. The van der Waals surface area contributed by atoms with E-state index in [1.165, 1.54) is 7.11 Å². The molecule has 0 aliphatic heterocycles. The molecule has 0 radical (unpaired) electrons. The number of halogens is 1. The first kappa shape index (κ1) is 15.0. The fourth-order valence-electron chi connectivity index (χ4n) is 1.55. The van der Waals surface area contributed by atoms with Gasteiger partial charge in [-0.15, -0.1) is 0 Å². The molecule has 1 aromatic carbocycles. The molecule has 1 N–H and O–H groups in total. The van der Waals surface area contributed by atoms with Gasteiger partial charge in [0.05, 0.1) is 12.7 Å². The maximum atomic E-state index is 11.5. The number of hydrogen-bond acceptors (Lipinski definition) is 4. The number of anilines is 1. The fourth-order valence-corrected chi connectivity index (χ4v) is 2.06. The van der Waals surface area contributed by atoms with E-state index in [1.807, 2.05) is 33.2 Å². The third kappa shape index (κ3) is 3.99. The summed E-state index contributed by atoms with van der Waals surface area (Å²) in [4.78, 5) is 13.6. The third-order valence-electron chi connectivity index (χ3n) is 2.59. The molecule has 0 aliphatic rings. The van der Waals surface area contributed by atoms with Crippen molar-refractivity contribution in [2.45, 2.75) is 6.92 Å². The predicted molar refractivity (Wildman–Crippen MR) is 77.3 cm³/mol. The molecule has 100 valence electrons. The molecule has 0 spiro atoms. The summed E-state index contributed by atoms with van der Waals surface area (Å²) in [6.07, 6.45) is 0. The summed E-state index contributed by atoms with van der Waals surface area (Å²) < 4.78 is 5.47. The van der Waals surface area contributed by atoms with E-state index < -0.39 is 0 Å². The number of benzene rings is 1. The number of ether oxygens (including phenoxy) is 1. The summed E-state index contributed by atoms with van der Waals surface area (Å²) in [5.41, 5.74) is 2.60. The molecular formula is C13H19BrN2O2. The third-order valence-corrected chi connectivity index (χ3v) is 3.25. The first-order chi connectivity index (χ1) is 8.45. The second-order valence-electron chi connectivity index (χ2n) is 4.37. The van der Waals surface area contributed by atoms with Gasteiger partial charge in [-0.25, -0.2) is 4.79 Å². The first-order valence-electron chi connectivity index (χ1n) is 5.72. The van der Waals surface area contributed by atoms with E-state index in [2.05, 4.69) is 26.1 Å². The van der Waals surface area contributed by atoms with Crippen LogP contribution < -0.4 is 5.32 Å². The van der Waals surface area contributed by atoms with Gasteiger partial charge < -0.3 is 15.0 Å². The lowest BCUT2D eigenvalue weighted by atomic mass is 10.1. The lowest BCUT2D eigenvalue weighted by Crippen LogP contribution is -2.21. The Bertz CT molecular complexity index is 433. The molecule has 0 unspecified atom stereocenters. The van der Waals surface area contributed by atoms with Crippen LogP contribution in [0.1, 0.15) is 15.9 Å². The molecule has 5 heteroatoms. The Balaban J connectivity index is 2.83. The Hall–Kier alpha value is -1.07. The zero-order valence-electron chi connectivity index (χ0n) is 11.2. The molecule has 0 atom stereocenters. The fraction of sp³-hybridized carbons (Fsp3) is 0.462. The van der Waals surface area contributed by atoms with Gasteiger partial charge in [0.15, 0.2) is 0 Å².